The summed E-state index contributed by atoms with van der Waals surface area (Å²) in [5.74, 6) is 0. The summed E-state index contributed by atoms with van der Waals surface area (Å²) < 4.78 is 12.8. The molecule has 0 aliphatic carbocycles. The predicted molar refractivity (Wildman–Crippen MR) is 75.0 cm³/mol. The van der Waals surface area contributed by atoms with Crippen LogP contribution < -0.4 is 0 Å². The second-order valence-corrected chi connectivity index (χ2v) is 5.39. The highest BCUT2D eigenvalue weighted by atomic mass is 16.6. The fourth-order valence-corrected chi connectivity index (χ4v) is 3.05. The molecule has 0 saturated carbocycles. The van der Waals surface area contributed by atoms with Crippen LogP contribution in [0.15, 0.2) is 23.1 Å². The van der Waals surface area contributed by atoms with E-state index in [0.717, 1.165) is 11.1 Å². The highest BCUT2D eigenvalue weighted by molar-refractivity contribution is 6.04. The summed E-state index contributed by atoms with van der Waals surface area (Å²) in [5, 5.41) is 30.2. The van der Waals surface area contributed by atoms with E-state index in [9.17, 15) is 15.3 Å². The second kappa shape index (κ2) is 4.75. The van der Waals surface area contributed by atoms with Gasteiger partial charge < -0.3 is 24.5 Å². The molecule has 1 saturated heterocycles. The van der Waals surface area contributed by atoms with Crippen LogP contribution in [0.25, 0.3) is 22.1 Å². The van der Waals surface area contributed by atoms with E-state index in [1.54, 1.807) is 10.6 Å². The highest BCUT2D eigenvalue weighted by Crippen LogP contribution is 2.38. The van der Waals surface area contributed by atoms with Crippen LogP contribution in [0.4, 0.5) is 0 Å². The molecule has 3 aromatic heterocycles. The minimum absolute atomic E-state index is 0.379. The van der Waals surface area contributed by atoms with E-state index < -0.39 is 24.5 Å². The number of aliphatic hydroxyl groups is 3. The van der Waals surface area contributed by atoms with Crippen LogP contribution in [0.2, 0.25) is 0 Å². The Hall–Kier alpha value is -2.00. The molecule has 22 heavy (non-hydrogen) atoms. The molecule has 0 bridgehead atoms. The lowest BCUT2D eigenvalue weighted by molar-refractivity contribution is -0.0489. The van der Waals surface area contributed by atoms with Crippen molar-refractivity contribution in [3.63, 3.8) is 0 Å². The number of hydrogen-bond donors (Lipinski definition) is 3. The standard InChI is InChI=1S/C14H15N3O5/c1-6-9-12-7(2-3-21-12)17(13(9)16-5-15-6)14-11(20)10(19)8(4-18)22-14/h2-3,5,8,10-11,14,18-20H,4H2,1H3. The van der Waals surface area contributed by atoms with Crippen LogP contribution in [0.1, 0.15) is 11.9 Å². The smallest absolute Gasteiger partial charge is 0.165 e. The molecule has 116 valence electrons. The lowest BCUT2D eigenvalue weighted by Gasteiger charge is -2.18. The molecule has 1 aliphatic heterocycles. The Morgan fingerprint density at radius 3 is 2.82 bits per heavy atom. The van der Waals surface area contributed by atoms with E-state index in [4.69, 9.17) is 9.15 Å². The van der Waals surface area contributed by atoms with Crippen LogP contribution in [-0.2, 0) is 4.74 Å². The van der Waals surface area contributed by atoms with Crippen molar-refractivity contribution in [2.75, 3.05) is 6.61 Å². The molecule has 4 rings (SSSR count). The number of aliphatic hydroxyl groups excluding tert-OH is 3. The van der Waals surface area contributed by atoms with Gasteiger partial charge in [0.05, 0.1) is 29.5 Å². The van der Waals surface area contributed by atoms with E-state index in [2.05, 4.69) is 9.97 Å². The molecule has 4 atom stereocenters. The van der Waals surface area contributed by atoms with Crippen LogP contribution in [0.3, 0.4) is 0 Å². The minimum atomic E-state index is -1.18. The summed E-state index contributed by atoms with van der Waals surface area (Å²) in [6, 6.07) is 1.74. The van der Waals surface area contributed by atoms with Gasteiger partial charge in [0.2, 0.25) is 0 Å². The zero-order valence-corrected chi connectivity index (χ0v) is 11.7. The Morgan fingerprint density at radius 1 is 1.27 bits per heavy atom. The summed E-state index contributed by atoms with van der Waals surface area (Å²) in [6.07, 6.45) is -1.09. The van der Waals surface area contributed by atoms with E-state index in [0.29, 0.717) is 16.7 Å². The van der Waals surface area contributed by atoms with Crippen molar-refractivity contribution in [1.29, 1.82) is 0 Å². The minimum Gasteiger partial charge on any atom is -0.462 e. The number of furan rings is 1. The van der Waals surface area contributed by atoms with Gasteiger partial charge in [0, 0.05) is 6.07 Å². The van der Waals surface area contributed by atoms with Crippen molar-refractivity contribution in [3.8, 4) is 0 Å². The topological polar surface area (TPSA) is 114 Å². The Labute approximate surface area is 124 Å². The van der Waals surface area contributed by atoms with Crippen molar-refractivity contribution in [1.82, 2.24) is 14.5 Å². The summed E-state index contributed by atoms with van der Waals surface area (Å²) >= 11 is 0. The maximum absolute atomic E-state index is 10.3. The van der Waals surface area contributed by atoms with Crippen molar-refractivity contribution in [2.24, 2.45) is 0 Å². The SMILES string of the molecule is Cc1ncnc2c1c1occc1n2C1OC(CO)C(O)C1O. The Balaban J connectivity index is 1.98. The van der Waals surface area contributed by atoms with Gasteiger partial charge in [-0.05, 0) is 6.92 Å². The molecule has 0 radical (unpaired) electrons. The number of ether oxygens (including phenoxy) is 1. The highest BCUT2D eigenvalue weighted by Gasteiger charge is 2.44. The van der Waals surface area contributed by atoms with Crippen LogP contribution in [0.5, 0.6) is 0 Å². The second-order valence-electron chi connectivity index (χ2n) is 5.39. The van der Waals surface area contributed by atoms with Gasteiger partial charge >= 0.3 is 0 Å². The van der Waals surface area contributed by atoms with Gasteiger partial charge in [0.1, 0.15) is 30.3 Å². The predicted octanol–water partition coefficient (Wildman–Crippen LogP) is 0.0974. The lowest BCUT2D eigenvalue weighted by atomic mass is 10.1. The van der Waals surface area contributed by atoms with Gasteiger partial charge in [-0.25, -0.2) is 9.97 Å². The summed E-state index contributed by atoms with van der Waals surface area (Å²) in [7, 11) is 0. The molecular formula is C14H15N3O5. The molecule has 3 aromatic rings. The first-order valence-electron chi connectivity index (χ1n) is 6.94. The van der Waals surface area contributed by atoms with Gasteiger partial charge in [-0.2, -0.15) is 0 Å². The molecule has 8 nitrogen and oxygen atoms in total. The van der Waals surface area contributed by atoms with Crippen molar-refractivity contribution >= 4 is 22.1 Å². The van der Waals surface area contributed by atoms with Gasteiger partial charge in [-0.15, -0.1) is 0 Å². The lowest BCUT2D eigenvalue weighted by Crippen LogP contribution is -2.33. The molecule has 1 aliphatic rings. The van der Waals surface area contributed by atoms with Gasteiger partial charge in [-0.3, -0.25) is 4.57 Å². The average Bonchev–Trinajstić information content (AvgIpc) is 3.15. The Kier molecular flexibility index (Phi) is 2.95. The zero-order valence-electron chi connectivity index (χ0n) is 11.7. The largest absolute Gasteiger partial charge is 0.462 e. The van der Waals surface area contributed by atoms with Crippen molar-refractivity contribution in [3.05, 3.63) is 24.4 Å². The first-order valence-corrected chi connectivity index (χ1v) is 6.94. The van der Waals surface area contributed by atoms with Crippen LogP contribution >= 0.6 is 0 Å². The third kappa shape index (κ3) is 1.66. The van der Waals surface area contributed by atoms with Gasteiger partial charge in [0.15, 0.2) is 11.8 Å². The van der Waals surface area contributed by atoms with Crippen molar-refractivity contribution < 1.29 is 24.5 Å². The molecule has 4 heterocycles. The molecule has 0 amide bonds. The number of aryl methyl sites for hydroxylation is 1. The average molecular weight is 305 g/mol. The molecule has 0 spiro atoms. The number of nitrogens with zero attached hydrogens (tertiary/aromatic N) is 3. The van der Waals surface area contributed by atoms with Gasteiger partial charge in [-0.1, -0.05) is 0 Å². The molecule has 1 fully saturated rings. The summed E-state index contributed by atoms with van der Waals surface area (Å²) in [5.41, 5.74) is 2.59. The van der Waals surface area contributed by atoms with E-state index >= 15 is 0 Å². The van der Waals surface area contributed by atoms with E-state index in [1.165, 1.54) is 12.6 Å². The zero-order chi connectivity index (χ0) is 15.4. The normalized spacial score (nSPS) is 28.9. The number of aromatic nitrogens is 3. The molecule has 0 aromatic carbocycles. The molecule has 8 heteroatoms. The maximum Gasteiger partial charge on any atom is 0.165 e. The van der Waals surface area contributed by atoms with Crippen molar-refractivity contribution in [2.45, 2.75) is 31.5 Å². The Morgan fingerprint density at radius 2 is 2.09 bits per heavy atom. The number of fused-ring (bicyclic) bond motifs is 3. The third-order valence-electron chi connectivity index (χ3n) is 4.15. The monoisotopic (exact) mass is 305 g/mol. The Bertz CT molecular complexity index is 842. The third-order valence-corrected chi connectivity index (χ3v) is 4.15. The number of rotatable bonds is 2. The fraction of sp³-hybridized carbons (Fsp3) is 0.429. The summed E-state index contributed by atoms with van der Waals surface area (Å²) in [6.45, 7) is 1.46. The number of hydrogen-bond acceptors (Lipinski definition) is 7. The van der Waals surface area contributed by atoms with Crippen LogP contribution in [0, 0.1) is 6.92 Å². The first-order chi connectivity index (χ1) is 10.6. The molecular weight excluding hydrogens is 290 g/mol. The van der Waals surface area contributed by atoms with Gasteiger partial charge in [0.25, 0.3) is 0 Å². The quantitative estimate of drug-likeness (QED) is 0.615. The van der Waals surface area contributed by atoms with E-state index in [-0.39, 0.29) is 6.61 Å². The first kappa shape index (κ1) is 13.6. The molecule has 4 unspecified atom stereocenters. The van der Waals surface area contributed by atoms with Crippen LogP contribution in [-0.4, -0.2) is 54.8 Å². The fourth-order valence-electron chi connectivity index (χ4n) is 3.05. The summed E-state index contributed by atoms with van der Waals surface area (Å²) in [4.78, 5) is 8.43. The maximum atomic E-state index is 10.3. The van der Waals surface area contributed by atoms with E-state index in [1.807, 2.05) is 6.92 Å². The molecule has 3 N–H and O–H groups in total.